The average Bonchev–Trinajstić information content (AvgIpc) is 2.41. The highest BCUT2D eigenvalue weighted by Gasteiger charge is 2.18. The van der Waals surface area contributed by atoms with Crippen LogP contribution in [0.1, 0.15) is 34.1 Å². The van der Waals surface area contributed by atoms with Crippen LogP contribution in [0.3, 0.4) is 0 Å². The first kappa shape index (κ1) is 13.6. The van der Waals surface area contributed by atoms with Crippen LogP contribution in [0.25, 0.3) is 0 Å². The predicted molar refractivity (Wildman–Crippen MR) is 75.5 cm³/mol. The standard InChI is InChI=1S/C16H19NO2/c1-10-5-8-14(16(19-4)12(10)3)15(18)13-7-6-11(2)17-9-13/h5-9,15,18H,1-4H3. The lowest BCUT2D eigenvalue weighted by Gasteiger charge is -2.18. The molecule has 0 radical (unpaired) electrons. The Labute approximate surface area is 113 Å². The van der Waals surface area contributed by atoms with Crippen LogP contribution in [0.5, 0.6) is 5.75 Å². The van der Waals surface area contributed by atoms with Crippen molar-refractivity contribution in [2.75, 3.05) is 7.11 Å². The summed E-state index contributed by atoms with van der Waals surface area (Å²) in [6.45, 7) is 5.95. The maximum absolute atomic E-state index is 10.5. The van der Waals surface area contributed by atoms with E-state index in [0.717, 1.165) is 33.7 Å². The molecular formula is C16H19NO2. The zero-order valence-electron chi connectivity index (χ0n) is 11.8. The third kappa shape index (κ3) is 2.61. The fourth-order valence-electron chi connectivity index (χ4n) is 2.12. The number of benzene rings is 1. The minimum absolute atomic E-state index is 0.720. The molecule has 1 heterocycles. The van der Waals surface area contributed by atoms with Crippen molar-refractivity contribution in [3.63, 3.8) is 0 Å². The summed E-state index contributed by atoms with van der Waals surface area (Å²) in [6.07, 6.45) is 0.983. The fraction of sp³-hybridized carbons (Fsp3) is 0.312. The van der Waals surface area contributed by atoms with Gasteiger partial charge in [0.15, 0.2) is 0 Å². The number of aliphatic hydroxyl groups excluding tert-OH is 1. The molecule has 2 rings (SSSR count). The summed E-state index contributed by atoms with van der Waals surface area (Å²) in [4.78, 5) is 4.22. The van der Waals surface area contributed by atoms with Gasteiger partial charge < -0.3 is 9.84 Å². The van der Waals surface area contributed by atoms with Crippen molar-refractivity contribution < 1.29 is 9.84 Å². The zero-order chi connectivity index (χ0) is 14.0. The number of hydrogen-bond donors (Lipinski definition) is 1. The second-order valence-corrected chi connectivity index (χ2v) is 4.77. The first-order valence-electron chi connectivity index (χ1n) is 6.29. The Morgan fingerprint density at radius 2 is 1.84 bits per heavy atom. The lowest BCUT2D eigenvalue weighted by molar-refractivity contribution is 0.214. The Kier molecular flexibility index (Phi) is 3.86. The molecule has 0 saturated heterocycles. The molecule has 19 heavy (non-hydrogen) atoms. The van der Waals surface area contributed by atoms with E-state index >= 15 is 0 Å². The van der Waals surface area contributed by atoms with Crippen LogP contribution in [0.15, 0.2) is 30.5 Å². The van der Waals surface area contributed by atoms with E-state index in [1.54, 1.807) is 13.3 Å². The molecular weight excluding hydrogens is 238 g/mol. The van der Waals surface area contributed by atoms with Crippen LogP contribution in [0.4, 0.5) is 0 Å². The number of rotatable bonds is 3. The largest absolute Gasteiger partial charge is 0.496 e. The van der Waals surface area contributed by atoms with Gasteiger partial charge >= 0.3 is 0 Å². The molecule has 0 fully saturated rings. The number of aromatic nitrogens is 1. The van der Waals surface area contributed by atoms with Gasteiger partial charge in [-0.25, -0.2) is 0 Å². The second-order valence-electron chi connectivity index (χ2n) is 4.77. The Morgan fingerprint density at radius 1 is 1.11 bits per heavy atom. The van der Waals surface area contributed by atoms with Gasteiger partial charge in [-0.3, -0.25) is 4.98 Å². The molecule has 1 aromatic carbocycles. The number of hydrogen-bond acceptors (Lipinski definition) is 3. The molecule has 100 valence electrons. The van der Waals surface area contributed by atoms with E-state index in [1.807, 2.05) is 45.0 Å². The summed E-state index contributed by atoms with van der Waals surface area (Å²) in [6, 6.07) is 7.69. The average molecular weight is 257 g/mol. The van der Waals surface area contributed by atoms with Crippen LogP contribution in [0, 0.1) is 20.8 Å². The minimum atomic E-state index is -0.720. The van der Waals surface area contributed by atoms with Crippen LogP contribution >= 0.6 is 0 Å². The maximum Gasteiger partial charge on any atom is 0.128 e. The Balaban J connectivity index is 2.46. The van der Waals surface area contributed by atoms with Crippen molar-refractivity contribution in [1.82, 2.24) is 4.98 Å². The quantitative estimate of drug-likeness (QED) is 0.918. The summed E-state index contributed by atoms with van der Waals surface area (Å²) in [5.74, 6) is 0.744. The van der Waals surface area contributed by atoms with Crippen molar-refractivity contribution in [2.45, 2.75) is 26.9 Å². The Bertz CT molecular complexity index is 576. The highest BCUT2D eigenvalue weighted by Crippen LogP contribution is 2.33. The van der Waals surface area contributed by atoms with Crippen LogP contribution in [-0.4, -0.2) is 17.2 Å². The van der Waals surface area contributed by atoms with Crippen molar-refractivity contribution in [3.8, 4) is 5.75 Å². The summed E-state index contributed by atoms with van der Waals surface area (Å²) in [5.41, 5.74) is 4.68. The van der Waals surface area contributed by atoms with Crippen molar-refractivity contribution in [2.24, 2.45) is 0 Å². The first-order valence-corrected chi connectivity index (χ1v) is 6.29. The minimum Gasteiger partial charge on any atom is -0.496 e. The van der Waals surface area contributed by atoms with Gasteiger partial charge in [-0.05, 0) is 38.0 Å². The molecule has 3 nitrogen and oxygen atoms in total. The van der Waals surface area contributed by atoms with E-state index in [4.69, 9.17) is 4.74 Å². The van der Waals surface area contributed by atoms with Gasteiger partial charge in [0.25, 0.3) is 0 Å². The molecule has 0 aliphatic heterocycles. The van der Waals surface area contributed by atoms with E-state index in [-0.39, 0.29) is 0 Å². The molecule has 0 aliphatic rings. The highest BCUT2D eigenvalue weighted by molar-refractivity contribution is 5.48. The molecule has 0 saturated carbocycles. The lowest BCUT2D eigenvalue weighted by Crippen LogP contribution is -2.05. The smallest absolute Gasteiger partial charge is 0.128 e. The molecule has 1 unspecified atom stereocenters. The van der Waals surface area contributed by atoms with E-state index in [9.17, 15) is 5.11 Å². The molecule has 3 heteroatoms. The summed E-state index contributed by atoms with van der Waals surface area (Å²) in [5, 5.41) is 10.5. The van der Waals surface area contributed by atoms with E-state index < -0.39 is 6.10 Å². The van der Waals surface area contributed by atoms with Crippen LogP contribution < -0.4 is 4.74 Å². The molecule has 1 atom stereocenters. The topological polar surface area (TPSA) is 42.4 Å². The monoisotopic (exact) mass is 257 g/mol. The van der Waals surface area contributed by atoms with Crippen molar-refractivity contribution in [1.29, 1.82) is 0 Å². The number of nitrogens with zero attached hydrogens (tertiary/aromatic N) is 1. The summed E-state index contributed by atoms with van der Waals surface area (Å²) < 4.78 is 5.44. The van der Waals surface area contributed by atoms with Gasteiger partial charge in [0, 0.05) is 23.0 Å². The molecule has 1 aromatic heterocycles. The second kappa shape index (κ2) is 5.41. The normalized spacial score (nSPS) is 12.3. The lowest BCUT2D eigenvalue weighted by atomic mass is 9.97. The molecule has 2 aromatic rings. The van der Waals surface area contributed by atoms with E-state index in [0.29, 0.717) is 0 Å². The number of ether oxygens (including phenoxy) is 1. The van der Waals surface area contributed by atoms with Crippen LogP contribution in [0.2, 0.25) is 0 Å². The molecule has 0 bridgehead atoms. The maximum atomic E-state index is 10.5. The number of methoxy groups -OCH3 is 1. The summed E-state index contributed by atoms with van der Waals surface area (Å²) >= 11 is 0. The van der Waals surface area contributed by atoms with Gasteiger partial charge in [-0.1, -0.05) is 18.2 Å². The molecule has 0 aliphatic carbocycles. The predicted octanol–water partition coefficient (Wildman–Crippen LogP) is 3.10. The van der Waals surface area contributed by atoms with Crippen molar-refractivity contribution >= 4 is 0 Å². The third-order valence-corrected chi connectivity index (χ3v) is 3.46. The van der Waals surface area contributed by atoms with Crippen molar-refractivity contribution in [3.05, 3.63) is 58.4 Å². The Hall–Kier alpha value is -1.87. The molecule has 0 spiro atoms. The van der Waals surface area contributed by atoms with Gasteiger partial charge in [0.1, 0.15) is 11.9 Å². The number of aryl methyl sites for hydroxylation is 2. The molecule has 0 amide bonds. The molecule has 1 N–H and O–H groups in total. The van der Waals surface area contributed by atoms with E-state index in [1.165, 1.54) is 0 Å². The number of aliphatic hydroxyl groups is 1. The van der Waals surface area contributed by atoms with Crippen LogP contribution in [-0.2, 0) is 0 Å². The summed E-state index contributed by atoms with van der Waals surface area (Å²) in [7, 11) is 1.63. The van der Waals surface area contributed by atoms with E-state index in [2.05, 4.69) is 4.98 Å². The fourth-order valence-corrected chi connectivity index (χ4v) is 2.12. The van der Waals surface area contributed by atoms with Gasteiger partial charge in [-0.15, -0.1) is 0 Å². The van der Waals surface area contributed by atoms with Gasteiger partial charge in [0.2, 0.25) is 0 Å². The Morgan fingerprint density at radius 3 is 2.42 bits per heavy atom. The first-order chi connectivity index (χ1) is 9.04. The van der Waals surface area contributed by atoms with Gasteiger partial charge in [-0.2, -0.15) is 0 Å². The third-order valence-electron chi connectivity index (χ3n) is 3.46. The highest BCUT2D eigenvalue weighted by atomic mass is 16.5. The number of pyridine rings is 1. The SMILES string of the molecule is COc1c(C(O)c2ccc(C)nc2)ccc(C)c1C. The zero-order valence-corrected chi connectivity index (χ0v) is 11.8. The van der Waals surface area contributed by atoms with Gasteiger partial charge in [0.05, 0.1) is 7.11 Å².